The molecule has 0 rings (SSSR count). The minimum Gasteiger partial charge on any atom is -0.412 e. The zero-order valence-electron chi connectivity index (χ0n) is 3.42. The van der Waals surface area contributed by atoms with Gasteiger partial charge in [-0.2, -0.15) is 8.42 Å². The predicted molar refractivity (Wildman–Crippen MR) is 31.3 cm³/mol. The maximum atomic E-state index is 8.74. The molecule has 0 heterocycles. The monoisotopic (exact) mass is 227 g/mol. The van der Waals surface area contributed by atoms with Gasteiger partial charge in [-0.15, -0.1) is 0 Å². The van der Waals surface area contributed by atoms with Gasteiger partial charge in [0.25, 0.3) is 0 Å². The van der Waals surface area contributed by atoms with Gasteiger partial charge in [0.1, 0.15) is 0 Å². The average Bonchev–Trinajstić information content (AvgIpc) is 0.722. The summed E-state index contributed by atoms with van der Waals surface area (Å²) in [6.45, 7) is 0. The van der Waals surface area contributed by atoms with E-state index in [0.717, 1.165) is 0 Å². The van der Waals surface area contributed by atoms with E-state index in [9.17, 15) is 0 Å². The van der Waals surface area contributed by atoms with E-state index in [0.29, 0.717) is 0 Å². The van der Waals surface area contributed by atoms with E-state index in [-0.39, 0.29) is 45.4 Å². The van der Waals surface area contributed by atoms with Gasteiger partial charge in [-0.3, -0.25) is 9.11 Å². The largest absolute Gasteiger partial charge is 0.412 e. The minimum absolute atomic E-state index is 0. The van der Waals surface area contributed by atoms with Crippen molar-refractivity contribution in [3.8, 4) is 0 Å². The Bertz CT molecular complexity index is 96.2. The molecule has 0 fully saturated rings. The van der Waals surface area contributed by atoms with E-state index in [1.807, 2.05) is 0 Å². The van der Waals surface area contributed by atoms with Crippen LogP contribution in [0.3, 0.4) is 0 Å². The fourth-order valence-electron chi connectivity index (χ4n) is 0. The van der Waals surface area contributed by atoms with Gasteiger partial charge < -0.3 is 11.0 Å². The average molecular weight is 228 g/mol. The fraction of sp³-hybridized carbons (Fsp3) is 0. The number of hydrogen-bond donors (Lipinski definition) is 2. The van der Waals surface area contributed by atoms with E-state index in [1.54, 1.807) is 0 Å². The van der Waals surface area contributed by atoms with Crippen LogP contribution in [0.2, 0.25) is 0 Å². The first-order valence-electron chi connectivity index (χ1n) is 0.698. The van der Waals surface area contributed by atoms with Crippen molar-refractivity contribution >= 4 is 27.8 Å². The van der Waals surface area contributed by atoms with Gasteiger partial charge in [0, 0.05) is 17.1 Å². The Morgan fingerprint density at radius 1 is 1.00 bits per heavy atom. The van der Waals surface area contributed by atoms with Crippen LogP contribution >= 0.6 is 0 Å². The summed E-state index contributed by atoms with van der Waals surface area (Å²) in [6, 6.07) is 0. The van der Waals surface area contributed by atoms with Crippen LogP contribution in [0.5, 0.6) is 0 Å². The Balaban J connectivity index is -0.0000000133. The summed E-state index contributed by atoms with van der Waals surface area (Å²) in [4.78, 5) is 0. The van der Waals surface area contributed by atoms with Gasteiger partial charge in [-0.05, 0) is 0 Å². The van der Waals surface area contributed by atoms with Gasteiger partial charge in [0.2, 0.25) is 0 Å². The summed E-state index contributed by atoms with van der Waals surface area (Å²) >= 11 is 0. The van der Waals surface area contributed by atoms with Crippen LogP contribution in [0.1, 0.15) is 0 Å². The van der Waals surface area contributed by atoms with Gasteiger partial charge in [-0.1, -0.05) is 0 Å². The maximum Gasteiger partial charge on any atom is 0.394 e. The Morgan fingerprint density at radius 3 is 1.00 bits per heavy atom. The molecule has 9 heteroatoms. The van der Waals surface area contributed by atoms with Crippen LogP contribution in [-0.2, 0) is 27.5 Å². The predicted octanol–water partition coefficient (Wildman–Crippen LogP) is -3.49. The van der Waals surface area contributed by atoms with Crippen molar-refractivity contribution in [1.82, 2.24) is 0 Å². The Morgan fingerprint density at radius 2 is 1.00 bits per heavy atom. The van der Waals surface area contributed by atoms with Crippen LogP contribution in [0.4, 0.5) is 0 Å². The van der Waals surface area contributed by atoms with E-state index in [1.165, 1.54) is 0 Å². The van der Waals surface area contributed by atoms with Crippen LogP contribution in [0.15, 0.2) is 0 Å². The van der Waals surface area contributed by atoms with Crippen LogP contribution in [0.25, 0.3) is 0 Å². The molecule has 0 saturated heterocycles. The van der Waals surface area contributed by atoms with E-state index in [2.05, 4.69) is 0 Å². The van der Waals surface area contributed by atoms with Gasteiger partial charge >= 0.3 is 10.4 Å². The first-order chi connectivity index (χ1) is 2.00. The minimum atomic E-state index is -4.67. The summed E-state index contributed by atoms with van der Waals surface area (Å²) in [7, 11) is -4.67. The Kier molecular flexibility index (Phi) is 42.4. The maximum absolute atomic E-state index is 8.74. The first kappa shape index (κ1) is 32.8. The summed E-state index contributed by atoms with van der Waals surface area (Å²) in [5.74, 6) is 0. The van der Waals surface area contributed by atoms with Crippen molar-refractivity contribution in [2.24, 2.45) is 0 Å². The van der Waals surface area contributed by atoms with Crippen LogP contribution in [-0.4, -0.2) is 45.8 Å². The summed E-state index contributed by atoms with van der Waals surface area (Å²) in [5.41, 5.74) is 0. The van der Waals surface area contributed by atoms with Crippen LogP contribution < -0.4 is 0 Å². The molecule has 9 heavy (non-hydrogen) atoms. The number of hydrogen-bond acceptors (Lipinski definition) is 2. The Hall–Kier alpha value is 0.842. The van der Waals surface area contributed by atoms with Crippen molar-refractivity contribution < 1.29 is 45.5 Å². The van der Waals surface area contributed by atoms with Crippen molar-refractivity contribution in [3.63, 3.8) is 0 Å². The first-order valence-corrected chi connectivity index (χ1v) is 2.10. The normalized spacial score (nSPS) is 6.44. The van der Waals surface area contributed by atoms with Crippen molar-refractivity contribution in [1.29, 1.82) is 0 Å². The quantitative estimate of drug-likeness (QED) is 0.328. The van der Waals surface area contributed by atoms with E-state index in [4.69, 9.17) is 17.5 Å². The van der Waals surface area contributed by atoms with E-state index >= 15 is 0 Å². The summed E-state index contributed by atoms with van der Waals surface area (Å²) < 4.78 is 31.6. The molecular weight excluding hydrogens is 219 g/mol. The molecular formula is H9AlCuO6S. The molecule has 0 atom stereocenters. The molecule has 6 nitrogen and oxygen atoms in total. The molecule has 0 saturated carbocycles. The third-order valence-electron chi connectivity index (χ3n) is 0. The second-order valence-electron chi connectivity index (χ2n) is 0.448. The number of rotatable bonds is 0. The second kappa shape index (κ2) is 11.6. The molecule has 6 N–H and O–H groups in total. The SMILES string of the molecule is O.O.O=S(=O)(O)O.[AlH3].[Cu]. The molecule has 0 unspecified atom stereocenters. The summed E-state index contributed by atoms with van der Waals surface area (Å²) in [6.07, 6.45) is 0. The third kappa shape index (κ3) is 584. The third-order valence-corrected chi connectivity index (χ3v) is 0. The zero-order chi connectivity index (χ0) is 4.50. The standard InChI is InChI=1S/Al.Cu.H2O4S.2H2O.3H/c;;1-5(2,3)4;;;;;/h;;(H2,1,2,3,4);2*1H2;;;. The molecule has 0 aliphatic rings. The molecule has 0 aromatic rings. The summed E-state index contributed by atoms with van der Waals surface area (Å²) in [5, 5.41) is 0. The molecule has 0 aliphatic heterocycles. The van der Waals surface area contributed by atoms with Gasteiger partial charge in [-0.25, -0.2) is 0 Å². The molecule has 0 aromatic carbocycles. The van der Waals surface area contributed by atoms with Crippen molar-refractivity contribution in [2.45, 2.75) is 0 Å². The van der Waals surface area contributed by atoms with Crippen LogP contribution in [0, 0.1) is 0 Å². The zero-order valence-corrected chi connectivity index (χ0v) is 5.18. The molecule has 0 amide bonds. The van der Waals surface area contributed by atoms with Crippen molar-refractivity contribution in [3.05, 3.63) is 0 Å². The molecule has 65 valence electrons. The second-order valence-corrected chi connectivity index (χ2v) is 1.34. The van der Waals surface area contributed by atoms with Gasteiger partial charge in [0.15, 0.2) is 17.4 Å². The Labute approximate surface area is 73.4 Å². The molecule has 0 aliphatic carbocycles. The van der Waals surface area contributed by atoms with E-state index < -0.39 is 10.4 Å². The molecule has 0 aromatic heterocycles. The topological polar surface area (TPSA) is 138 Å². The molecule has 0 spiro atoms. The van der Waals surface area contributed by atoms with Crippen molar-refractivity contribution in [2.75, 3.05) is 0 Å². The van der Waals surface area contributed by atoms with Gasteiger partial charge in [0.05, 0.1) is 0 Å². The fourth-order valence-corrected chi connectivity index (χ4v) is 0. The smallest absolute Gasteiger partial charge is 0.394 e. The molecule has 0 bridgehead atoms. The molecule has 1 radical (unpaired) electrons.